The van der Waals surface area contributed by atoms with Crippen molar-refractivity contribution in [3.63, 3.8) is 0 Å². The molecule has 0 aliphatic heterocycles. The van der Waals surface area contributed by atoms with Crippen LogP contribution in [0.2, 0.25) is 0 Å². The minimum atomic E-state index is -0.394. The second kappa shape index (κ2) is 6.42. The maximum atomic E-state index is 10.6. The number of nitrogens with one attached hydrogen (secondary N) is 1. The fourth-order valence-corrected chi connectivity index (χ4v) is 2.53. The molecule has 0 spiro atoms. The SMILES string of the molecule is O=[N+]([O-])c1ccc(CN[C@H](CO)c2ccccc2)s1. The van der Waals surface area contributed by atoms with Gasteiger partial charge in [-0.15, -0.1) is 0 Å². The number of rotatable bonds is 6. The number of nitro groups is 1. The van der Waals surface area contributed by atoms with Gasteiger partial charge in [0.15, 0.2) is 0 Å². The molecule has 0 radical (unpaired) electrons. The van der Waals surface area contributed by atoms with Crippen molar-refractivity contribution in [2.75, 3.05) is 6.61 Å². The van der Waals surface area contributed by atoms with E-state index >= 15 is 0 Å². The molecular formula is C13H14N2O3S. The maximum Gasteiger partial charge on any atom is 0.324 e. The highest BCUT2D eigenvalue weighted by atomic mass is 32.1. The highest BCUT2D eigenvalue weighted by molar-refractivity contribution is 7.15. The molecule has 2 aromatic rings. The normalized spacial score (nSPS) is 12.3. The van der Waals surface area contributed by atoms with Crippen molar-refractivity contribution in [3.8, 4) is 0 Å². The Hall–Kier alpha value is -1.76. The van der Waals surface area contributed by atoms with Gasteiger partial charge in [0.25, 0.3) is 0 Å². The van der Waals surface area contributed by atoms with Crippen LogP contribution in [0.15, 0.2) is 42.5 Å². The Morgan fingerprint density at radius 3 is 2.58 bits per heavy atom. The fourth-order valence-electron chi connectivity index (χ4n) is 1.76. The summed E-state index contributed by atoms with van der Waals surface area (Å²) in [6.07, 6.45) is 0. The summed E-state index contributed by atoms with van der Waals surface area (Å²) in [6.45, 7) is 0.482. The minimum absolute atomic E-state index is 0.0164. The fraction of sp³-hybridized carbons (Fsp3) is 0.231. The van der Waals surface area contributed by atoms with Crippen molar-refractivity contribution < 1.29 is 10.0 Å². The van der Waals surface area contributed by atoms with Gasteiger partial charge in [0.1, 0.15) is 0 Å². The lowest BCUT2D eigenvalue weighted by Crippen LogP contribution is -2.23. The third-order valence-corrected chi connectivity index (χ3v) is 3.77. The summed E-state index contributed by atoms with van der Waals surface area (Å²) >= 11 is 1.15. The summed E-state index contributed by atoms with van der Waals surface area (Å²) < 4.78 is 0. The molecule has 0 aliphatic carbocycles. The Morgan fingerprint density at radius 1 is 1.26 bits per heavy atom. The van der Waals surface area contributed by atoms with Gasteiger partial charge in [-0.2, -0.15) is 0 Å². The van der Waals surface area contributed by atoms with Crippen LogP contribution < -0.4 is 5.32 Å². The van der Waals surface area contributed by atoms with Gasteiger partial charge in [-0.3, -0.25) is 10.1 Å². The zero-order valence-corrected chi connectivity index (χ0v) is 11.0. The number of thiophene rings is 1. The van der Waals surface area contributed by atoms with E-state index in [-0.39, 0.29) is 17.6 Å². The first-order valence-electron chi connectivity index (χ1n) is 5.83. The summed E-state index contributed by atoms with van der Waals surface area (Å²) in [5.74, 6) is 0. The minimum Gasteiger partial charge on any atom is -0.394 e. The molecule has 1 aromatic carbocycles. The summed E-state index contributed by atoms with van der Waals surface area (Å²) in [7, 11) is 0. The molecule has 0 bridgehead atoms. The average Bonchev–Trinajstić information content (AvgIpc) is 2.90. The van der Waals surface area contributed by atoms with E-state index in [1.807, 2.05) is 30.3 Å². The van der Waals surface area contributed by atoms with Crippen molar-refractivity contribution in [3.05, 3.63) is 63.0 Å². The average molecular weight is 278 g/mol. The van der Waals surface area contributed by atoms with Crippen LogP contribution in [0, 0.1) is 10.1 Å². The highest BCUT2D eigenvalue weighted by Gasteiger charge is 2.12. The lowest BCUT2D eigenvalue weighted by atomic mass is 10.1. The summed E-state index contributed by atoms with van der Waals surface area (Å²) in [5, 5.41) is 23.3. The van der Waals surface area contributed by atoms with Crippen molar-refractivity contribution in [1.82, 2.24) is 5.32 Å². The van der Waals surface area contributed by atoms with Gasteiger partial charge in [-0.1, -0.05) is 41.7 Å². The van der Waals surface area contributed by atoms with E-state index in [0.29, 0.717) is 6.54 Å². The molecule has 2 N–H and O–H groups in total. The predicted molar refractivity (Wildman–Crippen MR) is 74.1 cm³/mol. The van der Waals surface area contributed by atoms with E-state index in [1.54, 1.807) is 6.07 Å². The quantitative estimate of drug-likeness (QED) is 0.628. The summed E-state index contributed by atoms with van der Waals surface area (Å²) in [5.41, 5.74) is 0.996. The number of benzene rings is 1. The zero-order chi connectivity index (χ0) is 13.7. The van der Waals surface area contributed by atoms with E-state index in [9.17, 15) is 15.2 Å². The number of nitrogens with zero attached hydrogens (tertiary/aromatic N) is 1. The van der Waals surface area contributed by atoms with Gasteiger partial charge >= 0.3 is 5.00 Å². The van der Waals surface area contributed by atoms with Crippen LogP contribution in [0.3, 0.4) is 0 Å². The molecule has 0 amide bonds. The molecule has 1 atom stereocenters. The van der Waals surface area contributed by atoms with Crippen molar-refractivity contribution in [2.24, 2.45) is 0 Å². The van der Waals surface area contributed by atoms with Crippen LogP contribution in [0.4, 0.5) is 5.00 Å². The standard InChI is InChI=1S/C13H14N2O3S/c16-9-12(10-4-2-1-3-5-10)14-8-11-6-7-13(19-11)15(17)18/h1-7,12,14,16H,8-9H2/t12-/m1/s1. The Morgan fingerprint density at radius 2 is 2.00 bits per heavy atom. The third kappa shape index (κ3) is 3.60. The second-order valence-corrected chi connectivity index (χ2v) is 5.17. The molecular weight excluding hydrogens is 264 g/mol. The van der Waals surface area contributed by atoms with Crippen LogP contribution in [-0.2, 0) is 6.54 Å². The summed E-state index contributed by atoms with van der Waals surface area (Å²) in [6, 6.07) is 12.7. The Kier molecular flexibility index (Phi) is 4.62. The number of aliphatic hydroxyl groups excluding tert-OH is 1. The Bertz CT molecular complexity index is 542. The highest BCUT2D eigenvalue weighted by Crippen LogP contribution is 2.24. The van der Waals surface area contributed by atoms with Crippen LogP contribution >= 0.6 is 11.3 Å². The van der Waals surface area contributed by atoms with Crippen LogP contribution in [0.5, 0.6) is 0 Å². The van der Waals surface area contributed by atoms with Crippen molar-refractivity contribution in [2.45, 2.75) is 12.6 Å². The van der Waals surface area contributed by atoms with E-state index in [0.717, 1.165) is 21.8 Å². The van der Waals surface area contributed by atoms with Gasteiger partial charge in [0.2, 0.25) is 0 Å². The van der Waals surface area contributed by atoms with Crippen LogP contribution in [-0.4, -0.2) is 16.6 Å². The Labute approximate surface area is 114 Å². The molecule has 6 heteroatoms. The number of aliphatic hydroxyl groups is 1. The molecule has 1 heterocycles. The maximum absolute atomic E-state index is 10.6. The molecule has 0 aliphatic rings. The molecule has 0 saturated carbocycles. The molecule has 2 rings (SSSR count). The number of hydrogen-bond acceptors (Lipinski definition) is 5. The predicted octanol–water partition coefficient (Wildman–Crippen LogP) is 2.48. The van der Waals surface area contributed by atoms with Crippen LogP contribution in [0.1, 0.15) is 16.5 Å². The second-order valence-electron chi connectivity index (χ2n) is 4.02. The lowest BCUT2D eigenvalue weighted by Gasteiger charge is -2.15. The summed E-state index contributed by atoms with van der Waals surface area (Å²) in [4.78, 5) is 11.1. The third-order valence-electron chi connectivity index (χ3n) is 2.73. The van der Waals surface area contributed by atoms with Gasteiger partial charge in [-0.25, -0.2) is 0 Å². The molecule has 5 nitrogen and oxygen atoms in total. The largest absolute Gasteiger partial charge is 0.394 e. The lowest BCUT2D eigenvalue weighted by molar-refractivity contribution is -0.380. The number of hydrogen-bond donors (Lipinski definition) is 2. The molecule has 1 aromatic heterocycles. The zero-order valence-electron chi connectivity index (χ0n) is 10.2. The first-order chi connectivity index (χ1) is 9.20. The van der Waals surface area contributed by atoms with E-state index in [2.05, 4.69) is 5.32 Å². The molecule has 0 saturated heterocycles. The topological polar surface area (TPSA) is 75.4 Å². The van der Waals surface area contributed by atoms with Gasteiger partial charge in [-0.05, 0) is 11.6 Å². The van der Waals surface area contributed by atoms with Crippen molar-refractivity contribution in [1.29, 1.82) is 0 Å². The first-order valence-corrected chi connectivity index (χ1v) is 6.64. The van der Waals surface area contributed by atoms with Gasteiger partial charge in [0, 0.05) is 17.5 Å². The van der Waals surface area contributed by atoms with Gasteiger partial charge < -0.3 is 10.4 Å². The van der Waals surface area contributed by atoms with Crippen LogP contribution in [0.25, 0.3) is 0 Å². The molecule has 100 valence electrons. The van der Waals surface area contributed by atoms with Crippen molar-refractivity contribution >= 4 is 16.3 Å². The molecule has 0 unspecified atom stereocenters. The molecule has 19 heavy (non-hydrogen) atoms. The van der Waals surface area contributed by atoms with E-state index in [4.69, 9.17) is 0 Å². The smallest absolute Gasteiger partial charge is 0.324 e. The monoisotopic (exact) mass is 278 g/mol. The first kappa shape index (κ1) is 13.7. The van der Waals surface area contributed by atoms with E-state index < -0.39 is 4.92 Å². The van der Waals surface area contributed by atoms with Gasteiger partial charge in [0.05, 0.1) is 17.6 Å². The Balaban J connectivity index is 1.98. The van der Waals surface area contributed by atoms with E-state index in [1.165, 1.54) is 6.07 Å². The molecule has 0 fully saturated rings.